The SMILES string of the molecule is COCCNc1nc(-c2ccccn2)ncc1C(=O)O. The van der Waals surface area contributed by atoms with Gasteiger partial charge in [0.2, 0.25) is 0 Å². The Morgan fingerprint density at radius 1 is 1.40 bits per heavy atom. The number of aromatic nitrogens is 3. The molecule has 0 bridgehead atoms. The molecule has 0 saturated carbocycles. The molecule has 2 aromatic heterocycles. The van der Waals surface area contributed by atoms with Gasteiger partial charge < -0.3 is 15.2 Å². The first-order chi connectivity index (χ1) is 9.72. The number of rotatable bonds is 6. The topological polar surface area (TPSA) is 97.2 Å². The van der Waals surface area contributed by atoms with Gasteiger partial charge in [-0.1, -0.05) is 6.07 Å². The second-order valence-corrected chi connectivity index (χ2v) is 3.90. The monoisotopic (exact) mass is 274 g/mol. The average Bonchev–Trinajstić information content (AvgIpc) is 2.48. The summed E-state index contributed by atoms with van der Waals surface area (Å²) in [5.74, 6) is -0.460. The van der Waals surface area contributed by atoms with Crippen LogP contribution >= 0.6 is 0 Å². The van der Waals surface area contributed by atoms with Gasteiger partial charge in [0, 0.05) is 26.0 Å². The van der Waals surface area contributed by atoms with Gasteiger partial charge in [0.1, 0.15) is 17.1 Å². The predicted octanol–water partition coefficient (Wildman–Crippen LogP) is 1.30. The Hall–Kier alpha value is -2.54. The second-order valence-electron chi connectivity index (χ2n) is 3.90. The number of pyridine rings is 1. The van der Waals surface area contributed by atoms with E-state index in [9.17, 15) is 4.79 Å². The first-order valence-electron chi connectivity index (χ1n) is 5.97. The van der Waals surface area contributed by atoms with Crippen LogP contribution in [0.25, 0.3) is 11.5 Å². The zero-order chi connectivity index (χ0) is 14.4. The van der Waals surface area contributed by atoms with Crippen LogP contribution in [0.4, 0.5) is 5.82 Å². The number of carboxylic acid groups (broad SMARTS) is 1. The largest absolute Gasteiger partial charge is 0.477 e. The normalized spacial score (nSPS) is 10.2. The number of methoxy groups -OCH3 is 1. The van der Waals surface area contributed by atoms with Gasteiger partial charge in [0.15, 0.2) is 5.82 Å². The molecule has 2 heterocycles. The Labute approximate surface area is 115 Å². The van der Waals surface area contributed by atoms with E-state index in [1.54, 1.807) is 25.4 Å². The Morgan fingerprint density at radius 2 is 2.25 bits per heavy atom. The van der Waals surface area contributed by atoms with Crippen molar-refractivity contribution in [3.63, 3.8) is 0 Å². The van der Waals surface area contributed by atoms with E-state index in [1.165, 1.54) is 6.20 Å². The lowest BCUT2D eigenvalue weighted by Crippen LogP contribution is -2.14. The number of carbonyl (C=O) groups is 1. The Bertz CT molecular complexity index is 589. The first-order valence-corrected chi connectivity index (χ1v) is 5.97. The summed E-state index contributed by atoms with van der Waals surface area (Å²) in [4.78, 5) is 23.5. The molecular formula is C13H14N4O3. The van der Waals surface area contributed by atoms with E-state index in [2.05, 4.69) is 20.3 Å². The highest BCUT2D eigenvalue weighted by Crippen LogP contribution is 2.17. The molecule has 0 amide bonds. The van der Waals surface area contributed by atoms with E-state index in [1.807, 2.05) is 6.07 Å². The molecule has 0 spiro atoms. The fraction of sp³-hybridized carbons (Fsp3) is 0.231. The molecule has 0 saturated heterocycles. The molecule has 0 atom stereocenters. The second kappa shape index (κ2) is 6.58. The molecule has 0 fully saturated rings. The first kappa shape index (κ1) is 13.9. The smallest absolute Gasteiger partial charge is 0.341 e. The summed E-state index contributed by atoms with van der Waals surface area (Å²) in [5.41, 5.74) is 0.597. The third kappa shape index (κ3) is 3.27. The van der Waals surface area contributed by atoms with Crippen LogP contribution in [0.2, 0.25) is 0 Å². The molecule has 2 rings (SSSR count). The molecule has 0 aliphatic heterocycles. The van der Waals surface area contributed by atoms with Crippen molar-refractivity contribution in [1.82, 2.24) is 15.0 Å². The number of nitrogens with one attached hydrogen (secondary N) is 1. The van der Waals surface area contributed by atoms with Gasteiger partial charge in [-0.15, -0.1) is 0 Å². The predicted molar refractivity (Wildman–Crippen MR) is 72.6 cm³/mol. The van der Waals surface area contributed by atoms with Gasteiger partial charge in [-0.25, -0.2) is 14.8 Å². The molecule has 2 aromatic rings. The van der Waals surface area contributed by atoms with E-state index in [-0.39, 0.29) is 11.4 Å². The highest BCUT2D eigenvalue weighted by Gasteiger charge is 2.14. The van der Waals surface area contributed by atoms with Gasteiger partial charge in [0.05, 0.1) is 6.61 Å². The number of hydrogen-bond donors (Lipinski definition) is 2. The van der Waals surface area contributed by atoms with Gasteiger partial charge in [-0.05, 0) is 12.1 Å². The summed E-state index contributed by atoms with van der Waals surface area (Å²) in [6.07, 6.45) is 2.90. The van der Waals surface area contributed by atoms with Crippen molar-refractivity contribution in [3.8, 4) is 11.5 Å². The Kier molecular flexibility index (Phi) is 4.56. The lowest BCUT2D eigenvalue weighted by molar-refractivity contribution is 0.0697. The van der Waals surface area contributed by atoms with Crippen molar-refractivity contribution in [1.29, 1.82) is 0 Å². The van der Waals surface area contributed by atoms with Gasteiger partial charge >= 0.3 is 5.97 Å². The maximum Gasteiger partial charge on any atom is 0.341 e. The molecule has 0 unspecified atom stereocenters. The fourth-order valence-electron chi connectivity index (χ4n) is 1.56. The minimum Gasteiger partial charge on any atom is -0.477 e. The molecule has 2 N–H and O–H groups in total. The quantitative estimate of drug-likeness (QED) is 0.766. The third-order valence-corrected chi connectivity index (χ3v) is 2.51. The molecule has 0 aliphatic carbocycles. The van der Waals surface area contributed by atoms with Crippen molar-refractivity contribution >= 4 is 11.8 Å². The minimum absolute atomic E-state index is 0.0146. The summed E-state index contributed by atoms with van der Waals surface area (Å²) in [7, 11) is 1.57. The van der Waals surface area contributed by atoms with E-state index < -0.39 is 5.97 Å². The molecule has 7 heteroatoms. The van der Waals surface area contributed by atoms with E-state index in [0.29, 0.717) is 24.7 Å². The lowest BCUT2D eigenvalue weighted by Gasteiger charge is -2.09. The molecule has 7 nitrogen and oxygen atoms in total. The third-order valence-electron chi connectivity index (χ3n) is 2.51. The summed E-state index contributed by atoms with van der Waals surface area (Å²) in [6, 6.07) is 5.36. The maximum atomic E-state index is 11.1. The van der Waals surface area contributed by atoms with Crippen LogP contribution in [0.3, 0.4) is 0 Å². The Balaban J connectivity index is 2.32. The highest BCUT2D eigenvalue weighted by atomic mass is 16.5. The highest BCUT2D eigenvalue weighted by molar-refractivity contribution is 5.93. The average molecular weight is 274 g/mol. The number of aromatic carboxylic acids is 1. The molecule has 0 aliphatic rings. The zero-order valence-corrected chi connectivity index (χ0v) is 10.9. The fourth-order valence-corrected chi connectivity index (χ4v) is 1.56. The van der Waals surface area contributed by atoms with Crippen LogP contribution in [0, 0.1) is 0 Å². The zero-order valence-electron chi connectivity index (χ0n) is 10.9. The number of ether oxygens (including phenoxy) is 1. The summed E-state index contributed by atoms with van der Waals surface area (Å²) in [5, 5.41) is 12.0. The molecular weight excluding hydrogens is 260 g/mol. The summed E-state index contributed by atoms with van der Waals surface area (Å²) < 4.78 is 4.91. The van der Waals surface area contributed by atoms with Crippen molar-refractivity contribution < 1.29 is 14.6 Å². The minimum atomic E-state index is -1.09. The number of anilines is 1. The lowest BCUT2D eigenvalue weighted by atomic mass is 10.3. The van der Waals surface area contributed by atoms with Crippen LogP contribution in [0.15, 0.2) is 30.6 Å². The van der Waals surface area contributed by atoms with Crippen LogP contribution in [-0.4, -0.2) is 46.3 Å². The summed E-state index contributed by atoms with van der Waals surface area (Å²) in [6.45, 7) is 0.900. The van der Waals surface area contributed by atoms with Crippen LogP contribution < -0.4 is 5.32 Å². The van der Waals surface area contributed by atoms with Crippen LogP contribution in [0.1, 0.15) is 10.4 Å². The van der Waals surface area contributed by atoms with E-state index in [4.69, 9.17) is 9.84 Å². The van der Waals surface area contributed by atoms with Crippen LogP contribution in [0.5, 0.6) is 0 Å². The Morgan fingerprint density at radius 3 is 2.90 bits per heavy atom. The molecule has 104 valence electrons. The number of hydrogen-bond acceptors (Lipinski definition) is 6. The number of carboxylic acids is 1. The van der Waals surface area contributed by atoms with Gasteiger partial charge in [-0.3, -0.25) is 4.98 Å². The molecule has 20 heavy (non-hydrogen) atoms. The standard InChI is InChI=1S/C13H14N4O3/c1-20-7-6-15-11-9(13(18)19)8-16-12(17-11)10-4-2-3-5-14-10/h2-5,8H,6-7H2,1H3,(H,18,19)(H,15,16,17). The van der Waals surface area contributed by atoms with Crippen molar-refractivity contribution in [2.24, 2.45) is 0 Å². The van der Waals surface area contributed by atoms with E-state index >= 15 is 0 Å². The van der Waals surface area contributed by atoms with Crippen LogP contribution in [-0.2, 0) is 4.74 Å². The van der Waals surface area contributed by atoms with Crippen molar-refractivity contribution in [3.05, 3.63) is 36.2 Å². The van der Waals surface area contributed by atoms with Crippen molar-refractivity contribution in [2.75, 3.05) is 25.6 Å². The number of nitrogens with zero attached hydrogens (tertiary/aromatic N) is 3. The van der Waals surface area contributed by atoms with Gasteiger partial charge in [-0.2, -0.15) is 0 Å². The summed E-state index contributed by atoms with van der Waals surface area (Å²) >= 11 is 0. The molecule has 0 aromatic carbocycles. The van der Waals surface area contributed by atoms with Crippen molar-refractivity contribution in [2.45, 2.75) is 0 Å². The molecule has 0 radical (unpaired) electrons. The van der Waals surface area contributed by atoms with Gasteiger partial charge in [0.25, 0.3) is 0 Å². The van der Waals surface area contributed by atoms with E-state index in [0.717, 1.165) is 0 Å². The maximum absolute atomic E-state index is 11.1.